The van der Waals surface area contributed by atoms with Gasteiger partial charge in [-0.05, 0) is 36.6 Å². The molecule has 0 bridgehead atoms. The zero-order valence-electron chi connectivity index (χ0n) is 13.9. The quantitative estimate of drug-likeness (QED) is 0.622. The van der Waals surface area contributed by atoms with Crippen LogP contribution in [0, 0.1) is 5.92 Å². The fraction of sp³-hybridized carbons (Fsp3) is 0.389. The second-order valence-electron chi connectivity index (χ2n) is 5.59. The van der Waals surface area contributed by atoms with Gasteiger partial charge in [-0.25, -0.2) is 4.79 Å². The number of hydrogen-bond acceptors (Lipinski definition) is 5. The normalized spacial score (nSPS) is 17.6. The van der Waals surface area contributed by atoms with E-state index in [0.29, 0.717) is 18.7 Å². The molecule has 6 nitrogen and oxygen atoms in total. The van der Waals surface area contributed by atoms with Crippen molar-refractivity contribution in [3.05, 3.63) is 41.5 Å². The Morgan fingerprint density at radius 3 is 2.46 bits per heavy atom. The van der Waals surface area contributed by atoms with E-state index >= 15 is 0 Å². The Bertz CT molecular complexity index is 635. The Hall–Kier alpha value is -2.63. The minimum atomic E-state index is -0.399. The van der Waals surface area contributed by atoms with Crippen molar-refractivity contribution < 1.29 is 23.9 Å². The lowest BCUT2D eigenvalue weighted by Gasteiger charge is -2.30. The monoisotopic (exact) mass is 331 g/mol. The van der Waals surface area contributed by atoms with Gasteiger partial charge in [-0.15, -0.1) is 0 Å². The maximum Gasteiger partial charge on any atom is 0.337 e. The van der Waals surface area contributed by atoms with Gasteiger partial charge >= 0.3 is 11.9 Å². The van der Waals surface area contributed by atoms with Crippen molar-refractivity contribution in [2.75, 3.05) is 27.3 Å². The Morgan fingerprint density at radius 2 is 1.83 bits per heavy atom. The highest BCUT2D eigenvalue weighted by Crippen LogP contribution is 2.18. The van der Waals surface area contributed by atoms with Crippen LogP contribution in [-0.4, -0.2) is 50.1 Å². The third-order valence-electron chi connectivity index (χ3n) is 4.02. The van der Waals surface area contributed by atoms with Gasteiger partial charge in [0.2, 0.25) is 5.91 Å². The molecule has 1 unspecified atom stereocenters. The van der Waals surface area contributed by atoms with E-state index in [9.17, 15) is 14.4 Å². The van der Waals surface area contributed by atoms with Gasteiger partial charge in [0.1, 0.15) is 0 Å². The van der Waals surface area contributed by atoms with Crippen LogP contribution in [-0.2, 0) is 19.1 Å². The molecule has 1 heterocycles. The molecule has 0 spiro atoms. The maximum absolute atomic E-state index is 12.3. The Balaban J connectivity index is 1.97. The summed E-state index contributed by atoms with van der Waals surface area (Å²) >= 11 is 0. The maximum atomic E-state index is 12.3. The number of nitrogens with zero attached hydrogens (tertiary/aromatic N) is 1. The van der Waals surface area contributed by atoms with Gasteiger partial charge in [-0.2, -0.15) is 0 Å². The second-order valence-corrected chi connectivity index (χ2v) is 5.59. The van der Waals surface area contributed by atoms with E-state index in [1.54, 1.807) is 35.2 Å². The predicted molar refractivity (Wildman–Crippen MR) is 88.1 cm³/mol. The third-order valence-corrected chi connectivity index (χ3v) is 4.02. The highest BCUT2D eigenvalue weighted by Gasteiger charge is 2.28. The predicted octanol–water partition coefficient (Wildman–Crippen LogP) is 1.90. The summed E-state index contributed by atoms with van der Waals surface area (Å²) in [5.41, 5.74) is 1.26. The molecule has 1 amide bonds. The molecule has 1 saturated heterocycles. The van der Waals surface area contributed by atoms with Gasteiger partial charge in [-0.3, -0.25) is 9.59 Å². The summed E-state index contributed by atoms with van der Waals surface area (Å²) in [6.45, 7) is 1.02. The van der Waals surface area contributed by atoms with E-state index < -0.39 is 5.97 Å². The van der Waals surface area contributed by atoms with E-state index in [0.717, 1.165) is 18.4 Å². The Morgan fingerprint density at radius 1 is 1.12 bits per heavy atom. The SMILES string of the molecule is COC(=O)c1ccc(/C=C/C(=O)N2CCCC(C(=O)OC)C2)cc1. The molecule has 1 aromatic carbocycles. The second kappa shape index (κ2) is 8.29. The van der Waals surface area contributed by atoms with Gasteiger partial charge in [0.25, 0.3) is 0 Å². The zero-order valence-corrected chi connectivity index (χ0v) is 13.9. The van der Waals surface area contributed by atoms with Crippen molar-refractivity contribution in [1.29, 1.82) is 0 Å². The Labute approximate surface area is 141 Å². The summed E-state index contributed by atoms with van der Waals surface area (Å²) in [6, 6.07) is 6.77. The minimum Gasteiger partial charge on any atom is -0.469 e. The molecule has 1 aliphatic rings. The number of esters is 2. The number of hydrogen-bond donors (Lipinski definition) is 0. The summed E-state index contributed by atoms with van der Waals surface area (Å²) in [5, 5.41) is 0. The van der Waals surface area contributed by atoms with Crippen molar-refractivity contribution in [2.45, 2.75) is 12.8 Å². The first-order chi connectivity index (χ1) is 11.5. The number of carbonyl (C=O) groups is 3. The molecule has 0 aromatic heterocycles. The molecule has 1 aliphatic heterocycles. The van der Waals surface area contributed by atoms with Crippen LogP contribution in [0.1, 0.15) is 28.8 Å². The first-order valence-electron chi connectivity index (χ1n) is 7.78. The van der Waals surface area contributed by atoms with E-state index in [4.69, 9.17) is 4.74 Å². The highest BCUT2D eigenvalue weighted by molar-refractivity contribution is 5.93. The van der Waals surface area contributed by atoms with E-state index in [2.05, 4.69) is 4.74 Å². The van der Waals surface area contributed by atoms with Crippen molar-refractivity contribution >= 4 is 23.9 Å². The van der Waals surface area contributed by atoms with Crippen LogP contribution < -0.4 is 0 Å². The van der Waals surface area contributed by atoms with Crippen LogP contribution in [0.4, 0.5) is 0 Å². The van der Waals surface area contributed by atoms with Crippen molar-refractivity contribution in [3.8, 4) is 0 Å². The van der Waals surface area contributed by atoms with Crippen LogP contribution in [0.5, 0.6) is 0 Å². The molecule has 0 N–H and O–H groups in total. The summed E-state index contributed by atoms with van der Waals surface area (Å²) < 4.78 is 9.39. The summed E-state index contributed by atoms with van der Waals surface area (Å²) in [6.07, 6.45) is 4.69. The van der Waals surface area contributed by atoms with E-state index in [1.807, 2.05) is 0 Å². The van der Waals surface area contributed by atoms with Gasteiger partial charge in [-0.1, -0.05) is 12.1 Å². The van der Waals surface area contributed by atoms with Crippen molar-refractivity contribution in [2.24, 2.45) is 5.92 Å². The van der Waals surface area contributed by atoms with Gasteiger partial charge in [0.15, 0.2) is 0 Å². The number of amides is 1. The number of rotatable bonds is 4. The highest BCUT2D eigenvalue weighted by atomic mass is 16.5. The number of likely N-dealkylation sites (tertiary alicyclic amines) is 1. The van der Waals surface area contributed by atoms with E-state index in [-0.39, 0.29) is 17.8 Å². The van der Waals surface area contributed by atoms with Gasteiger partial charge in [0, 0.05) is 19.2 Å². The summed E-state index contributed by atoms with van der Waals surface area (Å²) in [5.74, 6) is -1.06. The smallest absolute Gasteiger partial charge is 0.337 e. The molecule has 24 heavy (non-hydrogen) atoms. The third kappa shape index (κ3) is 4.44. The molecule has 6 heteroatoms. The number of carbonyl (C=O) groups excluding carboxylic acids is 3. The molecular formula is C18H21NO5. The standard InChI is InChI=1S/C18H21NO5/c1-23-17(21)14-8-5-13(6-9-14)7-10-16(20)19-11-3-4-15(12-19)18(22)24-2/h5-10,15H,3-4,11-12H2,1-2H3/b10-7+. The van der Waals surface area contributed by atoms with Gasteiger partial charge < -0.3 is 14.4 Å². The lowest BCUT2D eigenvalue weighted by Crippen LogP contribution is -2.41. The Kier molecular flexibility index (Phi) is 6.12. The average molecular weight is 331 g/mol. The zero-order chi connectivity index (χ0) is 17.5. The number of ether oxygens (including phenoxy) is 2. The minimum absolute atomic E-state index is 0.138. The lowest BCUT2D eigenvalue weighted by atomic mass is 9.98. The van der Waals surface area contributed by atoms with E-state index in [1.165, 1.54) is 20.3 Å². The average Bonchev–Trinajstić information content (AvgIpc) is 2.65. The lowest BCUT2D eigenvalue weighted by molar-refractivity contribution is -0.148. The van der Waals surface area contributed by atoms with Crippen LogP contribution in [0.15, 0.2) is 30.3 Å². The van der Waals surface area contributed by atoms with Crippen LogP contribution >= 0.6 is 0 Å². The molecular weight excluding hydrogens is 310 g/mol. The fourth-order valence-corrected chi connectivity index (χ4v) is 2.66. The first kappa shape index (κ1) is 17.7. The molecule has 1 fully saturated rings. The van der Waals surface area contributed by atoms with Crippen molar-refractivity contribution in [3.63, 3.8) is 0 Å². The molecule has 1 aromatic rings. The van der Waals surface area contributed by atoms with Crippen molar-refractivity contribution in [1.82, 2.24) is 4.90 Å². The summed E-state index contributed by atoms with van der Waals surface area (Å²) in [4.78, 5) is 36.9. The summed E-state index contributed by atoms with van der Waals surface area (Å²) in [7, 11) is 2.69. The number of piperidine rings is 1. The molecule has 2 rings (SSSR count). The van der Waals surface area contributed by atoms with Gasteiger partial charge in [0.05, 0.1) is 25.7 Å². The topological polar surface area (TPSA) is 72.9 Å². The van der Waals surface area contributed by atoms with Crippen LogP contribution in [0.3, 0.4) is 0 Å². The first-order valence-corrected chi connectivity index (χ1v) is 7.78. The molecule has 0 saturated carbocycles. The van der Waals surface area contributed by atoms with Crippen LogP contribution in [0.2, 0.25) is 0 Å². The molecule has 0 radical (unpaired) electrons. The number of benzene rings is 1. The number of methoxy groups -OCH3 is 2. The largest absolute Gasteiger partial charge is 0.469 e. The fourth-order valence-electron chi connectivity index (χ4n) is 2.66. The molecule has 128 valence electrons. The molecule has 0 aliphatic carbocycles. The molecule has 1 atom stereocenters. The van der Waals surface area contributed by atoms with Crippen LogP contribution in [0.25, 0.3) is 6.08 Å².